The zero-order valence-corrected chi connectivity index (χ0v) is 9.95. The lowest BCUT2D eigenvalue weighted by molar-refractivity contribution is -0.389. The summed E-state index contributed by atoms with van der Waals surface area (Å²) in [6.45, 7) is 2.68. The van der Waals surface area contributed by atoms with Gasteiger partial charge in [-0.3, -0.25) is 0 Å². The molecule has 21 heavy (non-hydrogen) atoms. The van der Waals surface area contributed by atoms with Crippen LogP contribution in [-0.2, 0) is 9.53 Å². The van der Waals surface area contributed by atoms with E-state index in [0.717, 1.165) is 0 Å². The van der Waals surface area contributed by atoms with Gasteiger partial charge in [0, 0.05) is 0 Å². The van der Waals surface area contributed by atoms with Gasteiger partial charge in [-0.15, -0.1) is 0 Å². The Morgan fingerprint density at radius 3 is 1.67 bits per heavy atom. The molecule has 0 aliphatic heterocycles. The van der Waals surface area contributed by atoms with Crippen molar-refractivity contribution in [2.24, 2.45) is 0 Å². The minimum atomic E-state index is -7.14. The quantitative estimate of drug-likeness (QED) is 0.364. The number of carbonyl (C=O) groups excluding carboxylic acids is 1. The molecule has 3 nitrogen and oxygen atoms in total. The number of rotatable bonds is 5. The van der Waals surface area contributed by atoms with E-state index in [4.69, 9.17) is 5.11 Å². The number of hydrogen-bond acceptors (Lipinski definition) is 3. The van der Waals surface area contributed by atoms with Crippen molar-refractivity contribution in [3.8, 4) is 0 Å². The molecule has 0 rings (SSSR count). The predicted octanol–water partition coefficient (Wildman–Crippen LogP) is 2.89. The van der Waals surface area contributed by atoms with Gasteiger partial charge in [-0.25, -0.2) is 4.79 Å². The van der Waals surface area contributed by atoms with Gasteiger partial charge in [-0.2, -0.15) is 39.5 Å². The molecule has 1 unspecified atom stereocenters. The van der Waals surface area contributed by atoms with E-state index in [1.807, 2.05) is 6.58 Å². The fourth-order valence-electron chi connectivity index (χ4n) is 0.919. The molecule has 0 radical (unpaired) electrons. The fraction of sp³-hybridized carbons (Fsp3) is 0.667. The second kappa shape index (κ2) is 5.39. The monoisotopic (exact) mass is 334 g/mol. The maximum atomic E-state index is 13.1. The Morgan fingerprint density at radius 2 is 1.38 bits per heavy atom. The third kappa shape index (κ3) is 3.24. The third-order valence-corrected chi connectivity index (χ3v) is 2.05. The van der Waals surface area contributed by atoms with E-state index < -0.39 is 41.8 Å². The lowest BCUT2D eigenvalue weighted by Crippen LogP contribution is -2.62. The molecule has 0 aromatic rings. The fourth-order valence-corrected chi connectivity index (χ4v) is 0.919. The highest BCUT2D eigenvalue weighted by Gasteiger charge is 2.82. The Bertz CT molecular complexity index is 425. The van der Waals surface area contributed by atoms with Gasteiger partial charge in [-0.05, 0) is 6.92 Å². The molecule has 1 N–H and O–H groups in total. The Labute approximate surface area is 111 Å². The zero-order chi connectivity index (χ0) is 17.4. The number of aliphatic hydroxyl groups is 1. The van der Waals surface area contributed by atoms with Crippen molar-refractivity contribution in [3.63, 3.8) is 0 Å². The molecule has 0 saturated heterocycles. The Morgan fingerprint density at radius 1 is 1.00 bits per heavy atom. The molecule has 0 fully saturated rings. The van der Waals surface area contributed by atoms with Crippen LogP contribution in [0.2, 0.25) is 0 Å². The third-order valence-electron chi connectivity index (χ3n) is 2.05. The summed E-state index contributed by atoms with van der Waals surface area (Å²) in [7, 11) is 0. The minimum absolute atomic E-state index is 0.659. The van der Waals surface area contributed by atoms with Gasteiger partial charge in [0.25, 0.3) is 0 Å². The topological polar surface area (TPSA) is 46.5 Å². The highest BCUT2D eigenvalue weighted by molar-refractivity contribution is 5.90. The van der Waals surface area contributed by atoms with E-state index in [1.54, 1.807) is 0 Å². The first-order chi connectivity index (χ1) is 9.00. The average molecular weight is 334 g/mol. The van der Waals surface area contributed by atoms with E-state index in [0.29, 0.717) is 6.92 Å². The van der Waals surface area contributed by atoms with Gasteiger partial charge in [0.2, 0.25) is 0 Å². The molecule has 0 spiro atoms. The Kier molecular flexibility index (Phi) is 5.01. The second-order valence-corrected chi connectivity index (χ2v) is 3.70. The van der Waals surface area contributed by atoms with Crippen LogP contribution in [0.1, 0.15) is 6.92 Å². The van der Waals surface area contributed by atoms with Gasteiger partial charge < -0.3 is 9.84 Å². The van der Waals surface area contributed by atoms with E-state index in [1.165, 1.54) is 0 Å². The van der Waals surface area contributed by atoms with Gasteiger partial charge in [-0.1, -0.05) is 6.58 Å². The number of alkyl halides is 9. The average Bonchev–Trinajstić information content (AvgIpc) is 2.24. The number of hydrogen-bond donors (Lipinski definition) is 1. The molecule has 0 bridgehead atoms. The highest BCUT2D eigenvalue weighted by Crippen LogP contribution is 2.54. The largest absolute Gasteiger partial charge is 0.460 e. The Hall–Kier alpha value is -1.46. The lowest BCUT2D eigenvalue weighted by atomic mass is 9.98. The molecule has 0 aliphatic rings. The first kappa shape index (κ1) is 19.5. The number of ether oxygens (including phenoxy) is 1. The summed E-state index contributed by atoms with van der Waals surface area (Å²) in [5, 5.41) is 8.48. The summed E-state index contributed by atoms with van der Waals surface area (Å²) < 4.78 is 116. The molecule has 12 heteroatoms. The summed E-state index contributed by atoms with van der Waals surface area (Å²) in [5.74, 6) is -22.9. The summed E-state index contributed by atoms with van der Waals surface area (Å²) in [5.41, 5.74) is -2.67. The summed E-state index contributed by atoms with van der Waals surface area (Å²) in [6, 6.07) is 0. The maximum absolute atomic E-state index is 13.1. The van der Waals surface area contributed by atoms with Crippen molar-refractivity contribution < 1.29 is 54.2 Å². The van der Waals surface area contributed by atoms with E-state index >= 15 is 0 Å². The standard InChI is InChI=1S/C9H7F9O3/c1-3(5(20)21-4(2)19)6(10,11)7(12,13)8(14,15)9(16,17)18/h4,19H,1H2,2H3. The summed E-state index contributed by atoms with van der Waals surface area (Å²) >= 11 is 0. The number of aliphatic hydroxyl groups excluding tert-OH is 1. The van der Waals surface area contributed by atoms with Crippen LogP contribution in [0.5, 0.6) is 0 Å². The van der Waals surface area contributed by atoms with Crippen LogP contribution < -0.4 is 0 Å². The van der Waals surface area contributed by atoms with Crippen molar-refractivity contribution >= 4 is 5.97 Å². The van der Waals surface area contributed by atoms with Crippen LogP contribution in [0, 0.1) is 0 Å². The van der Waals surface area contributed by atoms with Crippen LogP contribution >= 0.6 is 0 Å². The van der Waals surface area contributed by atoms with Crippen LogP contribution in [-0.4, -0.2) is 41.3 Å². The van der Waals surface area contributed by atoms with Crippen LogP contribution in [0.4, 0.5) is 39.5 Å². The molecule has 0 amide bonds. The molecule has 1 atom stereocenters. The van der Waals surface area contributed by atoms with E-state index in [2.05, 4.69) is 4.74 Å². The number of esters is 1. The van der Waals surface area contributed by atoms with Crippen molar-refractivity contribution in [3.05, 3.63) is 12.2 Å². The smallest absolute Gasteiger partial charge is 0.433 e. The molecule has 124 valence electrons. The van der Waals surface area contributed by atoms with Crippen molar-refractivity contribution in [1.82, 2.24) is 0 Å². The van der Waals surface area contributed by atoms with Crippen LogP contribution in [0.25, 0.3) is 0 Å². The molecule has 0 saturated carbocycles. The Balaban J connectivity index is 5.68. The minimum Gasteiger partial charge on any atom is -0.433 e. The van der Waals surface area contributed by atoms with Gasteiger partial charge in [0.1, 0.15) is 5.57 Å². The summed E-state index contributed by atoms with van der Waals surface area (Å²) in [4.78, 5) is 10.8. The molecule has 0 aromatic carbocycles. The first-order valence-electron chi connectivity index (χ1n) is 4.78. The molecule has 0 heterocycles. The maximum Gasteiger partial charge on any atom is 0.460 e. The van der Waals surface area contributed by atoms with Gasteiger partial charge in [0.15, 0.2) is 6.29 Å². The lowest BCUT2D eigenvalue weighted by Gasteiger charge is -2.33. The normalized spacial score (nSPS) is 15.6. The zero-order valence-electron chi connectivity index (χ0n) is 9.95. The van der Waals surface area contributed by atoms with Crippen LogP contribution in [0.15, 0.2) is 12.2 Å². The SMILES string of the molecule is C=C(C(=O)OC(C)O)C(F)(F)C(F)(F)C(F)(F)C(F)(F)F. The molecular weight excluding hydrogens is 327 g/mol. The van der Waals surface area contributed by atoms with Gasteiger partial charge >= 0.3 is 29.9 Å². The number of carbonyl (C=O) groups is 1. The first-order valence-corrected chi connectivity index (χ1v) is 4.78. The van der Waals surface area contributed by atoms with Crippen molar-refractivity contribution in [1.29, 1.82) is 0 Å². The van der Waals surface area contributed by atoms with Gasteiger partial charge in [0.05, 0.1) is 0 Å². The summed E-state index contributed by atoms with van der Waals surface area (Å²) in [6.07, 6.45) is -9.12. The number of halogens is 9. The van der Waals surface area contributed by atoms with Crippen LogP contribution in [0.3, 0.4) is 0 Å². The molecule has 0 aliphatic carbocycles. The molecule has 0 aromatic heterocycles. The van der Waals surface area contributed by atoms with E-state index in [9.17, 15) is 44.3 Å². The molecular formula is C9H7F9O3. The highest BCUT2D eigenvalue weighted by atomic mass is 19.4. The van der Waals surface area contributed by atoms with Crippen molar-refractivity contribution in [2.75, 3.05) is 0 Å². The van der Waals surface area contributed by atoms with Crippen molar-refractivity contribution in [2.45, 2.75) is 37.2 Å². The van der Waals surface area contributed by atoms with E-state index in [-0.39, 0.29) is 0 Å². The second-order valence-electron chi connectivity index (χ2n) is 3.70. The predicted molar refractivity (Wildman–Crippen MR) is 47.8 cm³/mol.